The number of rotatable bonds is 4. The van der Waals surface area contributed by atoms with Crippen LogP contribution in [0.3, 0.4) is 0 Å². The Labute approximate surface area is 205 Å². The lowest BCUT2D eigenvalue weighted by Gasteiger charge is -2.27. The van der Waals surface area contributed by atoms with Crippen molar-refractivity contribution in [3.8, 4) is 0 Å². The van der Waals surface area contributed by atoms with Gasteiger partial charge in [-0.1, -0.05) is 53.5 Å². The number of allylic oxidation sites excluding steroid dienone is 1. The number of carbonyl (C=O) groups excluding carboxylic acids is 1. The van der Waals surface area contributed by atoms with Gasteiger partial charge in [0.25, 0.3) is 5.91 Å². The van der Waals surface area contributed by atoms with E-state index in [1.165, 1.54) is 0 Å². The van der Waals surface area contributed by atoms with E-state index in [2.05, 4.69) is 20.9 Å². The molecule has 0 saturated heterocycles. The van der Waals surface area contributed by atoms with Crippen LogP contribution in [0.4, 0.5) is 11.7 Å². The van der Waals surface area contributed by atoms with E-state index < -0.39 is 6.04 Å². The number of hydrogen-bond acceptors (Lipinski definition) is 6. The second-order valence-corrected chi connectivity index (χ2v) is 8.48. The molecule has 1 aliphatic heterocycles. The first-order valence-corrected chi connectivity index (χ1v) is 11.2. The predicted molar refractivity (Wildman–Crippen MR) is 135 cm³/mol. The van der Waals surface area contributed by atoms with Crippen molar-refractivity contribution in [3.05, 3.63) is 99.7 Å². The fraction of sp³-hybridized carbons (Fsp3) is 0.0800. The van der Waals surface area contributed by atoms with Gasteiger partial charge < -0.3 is 15.1 Å². The second-order valence-electron chi connectivity index (χ2n) is 7.64. The first kappa shape index (κ1) is 22.0. The number of hydrogen-bond donors (Lipinski definition) is 3. The van der Waals surface area contributed by atoms with E-state index in [1.54, 1.807) is 30.3 Å². The van der Waals surface area contributed by atoms with Gasteiger partial charge in [0, 0.05) is 27.0 Å². The van der Waals surface area contributed by atoms with Crippen LogP contribution in [0.15, 0.2) is 93.5 Å². The van der Waals surface area contributed by atoms with Gasteiger partial charge in [0.05, 0.1) is 5.57 Å². The maximum absolute atomic E-state index is 13.3. The molecule has 0 radical (unpaired) electrons. The van der Waals surface area contributed by atoms with Crippen molar-refractivity contribution in [3.63, 3.8) is 0 Å². The summed E-state index contributed by atoms with van der Waals surface area (Å²) in [7, 11) is 0. The fourth-order valence-electron chi connectivity index (χ4n) is 3.71. The summed E-state index contributed by atoms with van der Waals surface area (Å²) in [5, 5.41) is 10.2. The van der Waals surface area contributed by atoms with E-state index in [-0.39, 0.29) is 11.9 Å². The lowest BCUT2D eigenvalue weighted by Crippen LogP contribution is -2.37. The minimum Gasteiger partial charge on any atom is -0.423 e. The second kappa shape index (κ2) is 9.21. The molecule has 0 bridgehead atoms. The number of nitrogens with zero attached hydrogens (tertiary/aromatic N) is 2. The van der Waals surface area contributed by atoms with Gasteiger partial charge in [0.2, 0.25) is 5.96 Å². The molecule has 2 heterocycles. The third-order valence-electron chi connectivity index (χ3n) is 5.31. The minimum absolute atomic E-state index is 0.284. The summed E-state index contributed by atoms with van der Waals surface area (Å²) in [6.07, 6.45) is 0. The van der Waals surface area contributed by atoms with Crippen LogP contribution >= 0.6 is 23.2 Å². The van der Waals surface area contributed by atoms with Crippen molar-refractivity contribution in [2.45, 2.75) is 13.0 Å². The minimum atomic E-state index is -0.658. The van der Waals surface area contributed by atoms with Gasteiger partial charge in [-0.2, -0.15) is 4.98 Å². The highest BCUT2D eigenvalue weighted by Crippen LogP contribution is 2.35. The Morgan fingerprint density at radius 2 is 1.74 bits per heavy atom. The lowest BCUT2D eigenvalue weighted by atomic mass is 9.95. The molecule has 1 unspecified atom stereocenters. The van der Waals surface area contributed by atoms with Crippen molar-refractivity contribution in [1.82, 2.24) is 10.3 Å². The van der Waals surface area contributed by atoms with Crippen LogP contribution in [0.2, 0.25) is 10.0 Å². The number of benzene rings is 3. The number of oxazole rings is 1. The average Bonchev–Trinajstić information content (AvgIpc) is 3.22. The van der Waals surface area contributed by atoms with E-state index in [4.69, 9.17) is 32.6 Å². The van der Waals surface area contributed by atoms with Crippen LogP contribution in [0.25, 0.3) is 11.1 Å². The Morgan fingerprint density at radius 3 is 2.50 bits per heavy atom. The SMILES string of the molecule is CC1=C(C(=O)Nc2ccc(Cl)cc2)C(c2ccccc2Cl)N=C(Nc2nc3ccccc3o2)N1. The summed E-state index contributed by atoms with van der Waals surface area (Å²) < 4.78 is 5.76. The first-order valence-electron chi connectivity index (χ1n) is 10.5. The molecule has 170 valence electrons. The lowest BCUT2D eigenvalue weighted by molar-refractivity contribution is -0.113. The van der Waals surface area contributed by atoms with Gasteiger partial charge in [-0.25, -0.2) is 4.99 Å². The van der Waals surface area contributed by atoms with Gasteiger partial charge in [-0.3, -0.25) is 10.1 Å². The summed E-state index contributed by atoms with van der Waals surface area (Å²) in [4.78, 5) is 22.5. The number of halogens is 2. The Hall–Kier alpha value is -3.81. The van der Waals surface area contributed by atoms with Crippen LogP contribution in [0, 0.1) is 0 Å². The van der Waals surface area contributed by atoms with Crippen LogP contribution in [-0.4, -0.2) is 16.9 Å². The number of anilines is 2. The topological polar surface area (TPSA) is 91.5 Å². The van der Waals surface area contributed by atoms with E-state index in [9.17, 15) is 4.79 Å². The number of carbonyl (C=O) groups is 1. The number of aliphatic imine (C=N–C) groups is 1. The molecule has 1 aromatic heterocycles. The Kier molecular flexibility index (Phi) is 5.96. The van der Waals surface area contributed by atoms with Gasteiger partial charge in [0.15, 0.2) is 5.58 Å². The van der Waals surface area contributed by atoms with E-state index in [0.29, 0.717) is 44.1 Å². The molecule has 0 spiro atoms. The molecule has 1 aliphatic rings. The highest BCUT2D eigenvalue weighted by molar-refractivity contribution is 6.31. The van der Waals surface area contributed by atoms with E-state index in [1.807, 2.05) is 49.4 Å². The molecule has 0 saturated carbocycles. The maximum Gasteiger partial charge on any atom is 0.302 e. The van der Waals surface area contributed by atoms with E-state index >= 15 is 0 Å². The quantitative estimate of drug-likeness (QED) is 0.318. The molecule has 34 heavy (non-hydrogen) atoms. The Morgan fingerprint density at radius 1 is 1.00 bits per heavy atom. The highest BCUT2D eigenvalue weighted by Gasteiger charge is 2.31. The molecular formula is C25H19Cl2N5O2. The van der Waals surface area contributed by atoms with Crippen molar-refractivity contribution in [1.29, 1.82) is 0 Å². The molecule has 3 aromatic carbocycles. The molecule has 9 heteroatoms. The van der Waals surface area contributed by atoms with Crippen LogP contribution in [-0.2, 0) is 4.79 Å². The normalized spacial score (nSPS) is 15.6. The summed E-state index contributed by atoms with van der Waals surface area (Å²) in [5.74, 6) is 0.0823. The van der Waals surface area contributed by atoms with Gasteiger partial charge >= 0.3 is 6.01 Å². The third-order valence-corrected chi connectivity index (χ3v) is 5.90. The van der Waals surface area contributed by atoms with Crippen LogP contribution in [0.1, 0.15) is 18.5 Å². The number of para-hydroxylation sites is 2. The van der Waals surface area contributed by atoms with Crippen molar-refractivity contribution in [2.24, 2.45) is 4.99 Å². The molecule has 4 aromatic rings. The monoisotopic (exact) mass is 491 g/mol. The smallest absolute Gasteiger partial charge is 0.302 e. The largest absolute Gasteiger partial charge is 0.423 e. The standard InChI is InChI=1S/C25H19Cl2N5O2/c1-14-21(23(33)29-16-12-10-15(26)11-13-16)22(17-6-2-3-7-18(17)27)31-24(28-14)32-25-30-19-8-4-5-9-20(19)34-25/h2-13,22H,1H3,(H,29,33)(H2,28,30,31,32). The van der Waals surface area contributed by atoms with Crippen molar-refractivity contribution < 1.29 is 9.21 Å². The zero-order chi connectivity index (χ0) is 23.7. The van der Waals surface area contributed by atoms with Crippen molar-refractivity contribution >= 4 is 57.9 Å². The average molecular weight is 492 g/mol. The van der Waals surface area contributed by atoms with Crippen LogP contribution < -0.4 is 16.0 Å². The van der Waals surface area contributed by atoms with Crippen LogP contribution in [0.5, 0.6) is 0 Å². The van der Waals surface area contributed by atoms with Gasteiger partial charge in [-0.15, -0.1) is 0 Å². The number of aromatic nitrogens is 1. The molecular weight excluding hydrogens is 473 g/mol. The molecule has 3 N–H and O–H groups in total. The summed E-state index contributed by atoms with van der Waals surface area (Å²) >= 11 is 12.5. The fourth-order valence-corrected chi connectivity index (χ4v) is 4.08. The highest BCUT2D eigenvalue weighted by atomic mass is 35.5. The number of fused-ring (bicyclic) bond motifs is 1. The molecule has 7 nitrogen and oxygen atoms in total. The van der Waals surface area contributed by atoms with Gasteiger partial charge in [-0.05, 0) is 49.4 Å². The molecule has 5 rings (SSSR count). The zero-order valence-electron chi connectivity index (χ0n) is 18.0. The molecule has 1 atom stereocenters. The maximum atomic E-state index is 13.3. The third kappa shape index (κ3) is 4.48. The number of nitrogens with one attached hydrogen (secondary N) is 3. The number of guanidine groups is 1. The Balaban J connectivity index is 1.49. The Bertz CT molecular complexity index is 1410. The van der Waals surface area contributed by atoms with Gasteiger partial charge in [0.1, 0.15) is 11.6 Å². The summed E-state index contributed by atoms with van der Waals surface area (Å²) in [5.41, 5.74) is 3.74. The predicted octanol–water partition coefficient (Wildman–Crippen LogP) is 6.16. The molecule has 1 amide bonds. The zero-order valence-corrected chi connectivity index (χ0v) is 19.5. The number of amides is 1. The summed E-state index contributed by atoms with van der Waals surface area (Å²) in [6, 6.07) is 21.3. The summed E-state index contributed by atoms with van der Waals surface area (Å²) in [6.45, 7) is 1.81. The van der Waals surface area contributed by atoms with Crippen molar-refractivity contribution in [2.75, 3.05) is 10.6 Å². The van der Waals surface area contributed by atoms with E-state index in [0.717, 1.165) is 5.52 Å². The first-order chi connectivity index (χ1) is 16.5. The molecule has 0 fully saturated rings. The molecule has 0 aliphatic carbocycles.